The first kappa shape index (κ1) is 14.8. The van der Waals surface area contributed by atoms with Gasteiger partial charge in [-0.1, -0.05) is 5.16 Å². The summed E-state index contributed by atoms with van der Waals surface area (Å²) in [6.07, 6.45) is 0. The lowest BCUT2D eigenvalue weighted by Gasteiger charge is -2.21. The standard InChI is InChI=1S/C13H19N3O3/c1-4-19-10-7-5-9(6-8-10)15-12(17)13(2,3)11(14)16-18/h5-8,18H,4H2,1-3H3,(H2,14,16)(H,15,17). The molecule has 0 aliphatic rings. The molecule has 0 unspecified atom stereocenters. The van der Waals surface area contributed by atoms with Crippen LogP contribution in [-0.2, 0) is 4.79 Å². The van der Waals surface area contributed by atoms with Crippen LogP contribution < -0.4 is 15.8 Å². The van der Waals surface area contributed by atoms with Crippen LogP contribution in [0.5, 0.6) is 5.75 Å². The average Bonchev–Trinajstić information content (AvgIpc) is 2.40. The van der Waals surface area contributed by atoms with Gasteiger partial charge in [0.1, 0.15) is 11.2 Å². The summed E-state index contributed by atoms with van der Waals surface area (Å²) in [6, 6.07) is 6.97. The average molecular weight is 265 g/mol. The topological polar surface area (TPSA) is 96.9 Å². The molecular weight excluding hydrogens is 246 g/mol. The van der Waals surface area contributed by atoms with Gasteiger partial charge < -0.3 is 21.0 Å². The van der Waals surface area contributed by atoms with E-state index in [1.165, 1.54) is 0 Å². The number of oxime groups is 1. The number of hydrogen-bond acceptors (Lipinski definition) is 4. The number of amides is 1. The van der Waals surface area contributed by atoms with E-state index in [0.29, 0.717) is 12.3 Å². The molecule has 0 spiro atoms. The predicted octanol–water partition coefficient (Wildman–Crippen LogP) is 1.80. The number of amidine groups is 1. The summed E-state index contributed by atoms with van der Waals surface area (Å²) in [5.74, 6) is 0.235. The normalized spacial score (nSPS) is 12.1. The van der Waals surface area contributed by atoms with Gasteiger partial charge in [0.05, 0.1) is 6.61 Å². The molecule has 1 amide bonds. The van der Waals surface area contributed by atoms with Crippen LogP contribution in [0, 0.1) is 5.41 Å². The Morgan fingerprint density at radius 1 is 1.42 bits per heavy atom. The fraction of sp³-hybridized carbons (Fsp3) is 0.385. The summed E-state index contributed by atoms with van der Waals surface area (Å²) in [6.45, 7) is 5.63. The number of ether oxygens (including phenoxy) is 1. The Morgan fingerprint density at radius 3 is 2.47 bits per heavy atom. The molecule has 0 atom stereocenters. The molecule has 19 heavy (non-hydrogen) atoms. The molecule has 6 nitrogen and oxygen atoms in total. The van der Waals surface area contributed by atoms with Gasteiger partial charge in [-0.2, -0.15) is 0 Å². The minimum Gasteiger partial charge on any atom is -0.494 e. The van der Waals surface area contributed by atoms with Crippen LogP contribution in [0.15, 0.2) is 29.4 Å². The van der Waals surface area contributed by atoms with Crippen molar-refractivity contribution >= 4 is 17.4 Å². The summed E-state index contributed by atoms with van der Waals surface area (Å²) < 4.78 is 5.30. The van der Waals surface area contributed by atoms with Crippen molar-refractivity contribution in [2.24, 2.45) is 16.3 Å². The second-order valence-electron chi connectivity index (χ2n) is 4.52. The second kappa shape index (κ2) is 6.08. The smallest absolute Gasteiger partial charge is 0.237 e. The Labute approximate surface area is 112 Å². The maximum atomic E-state index is 12.0. The van der Waals surface area contributed by atoms with Gasteiger partial charge in [0, 0.05) is 5.69 Å². The Morgan fingerprint density at radius 2 is 2.00 bits per heavy atom. The van der Waals surface area contributed by atoms with Gasteiger partial charge in [0.15, 0.2) is 5.84 Å². The van der Waals surface area contributed by atoms with Crippen molar-refractivity contribution < 1.29 is 14.7 Å². The van der Waals surface area contributed by atoms with Gasteiger partial charge in [-0.15, -0.1) is 0 Å². The van der Waals surface area contributed by atoms with E-state index in [4.69, 9.17) is 15.7 Å². The van der Waals surface area contributed by atoms with E-state index >= 15 is 0 Å². The quantitative estimate of drug-likeness (QED) is 0.327. The third kappa shape index (κ3) is 3.61. The predicted molar refractivity (Wildman–Crippen MR) is 73.4 cm³/mol. The molecule has 0 fully saturated rings. The van der Waals surface area contributed by atoms with Crippen molar-refractivity contribution in [3.05, 3.63) is 24.3 Å². The summed E-state index contributed by atoms with van der Waals surface area (Å²) in [5.41, 5.74) is 5.02. The lowest BCUT2D eigenvalue weighted by Crippen LogP contribution is -2.42. The lowest BCUT2D eigenvalue weighted by atomic mass is 9.91. The van der Waals surface area contributed by atoms with E-state index in [1.807, 2.05) is 6.92 Å². The van der Waals surface area contributed by atoms with Crippen molar-refractivity contribution in [1.82, 2.24) is 0 Å². The van der Waals surface area contributed by atoms with Crippen molar-refractivity contribution in [1.29, 1.82) is 0 Å². The number of benzene rings is 1. The van der Waals surface area contributed by atoms with Gasteiger partial charge in [-0.25, -0.2) is 0 Å². The van der Waals surface area contributed by atoms with Crippen molar-refractivity contribution in [2.75, 3.05) is 11.9 Å². The second-order valence-corrected chi connectivity index (χ2v) is 4.52. The van der Waals surface area contributed by atoms with E-state index in [9.17, 15) is 4.79 Å². The first-order valence-electron chi connectivity index (χ1n) is 5.94. The van der Waals surface area contributed by atoms with E-state index < -0.39 is 5.41 Å². The number of nitrogens with two attached hydrogens (primary N) is 1. The number of carbonyl (C=O) groups is 1. The van der Waals surface area contributed by atoms with Crippen molar-refractivity contribution in [3.63, 3.8) is 0 Å². The maximum Gasteiger partial charge on any atom is 0.237 e. The monoisotopic (exact) mass is 265 g/mol. The highest BCUT2D eigenvalue weighted by Crippen LogP contribution is 2.20. The summed E-state index contributed by atoms with van der Waals surface area (Å²) >= 11 is 0. The van der Waals surface area contributed by atoms with Crippen LogP contribution in [-0.4, -0.2) is 23.6 Å². The van der Waals surface area contributed by atoms with Crippen molar-refractivity contribution in [2.45, 2.75) is 20.8 Å². The molecule has 0 aromatic heterocycles. The highest BCUT2D eigenvalue weighted by atomic mass is 16.5. The van der Waals surface area contributed by atoms with Crippen molar-refractivity contribution in [3.8, 4) is 5.75 Å². The number of rotatable bonds is 5. The molecule has 0 aliphatic carbocycles. The number of hydrogen-bond donors (Lipinski definition) is 3. The highest BCUT2D eigenvalue weighted by molar-refractivity contribution is 6.11. The lowest BCUT2D eigenvalue weighted by molar-refractivity contribution is -0.121. The molecule has 4 N–H and O–H groups in total. The zero-order valence-corrected chi connectivity index (χ0v) is 11.3. The maximum absolute atomic E-state index is 12.0. The molecule has 0 heterocycles. The van der Waals surface area contributed by atoms with Crippen LogP contribution in [0.2, 0.25) is 0 Å². The van der Waals surface area contributed by atoms with Crippen LogP contribution >= 0.6 is 0 Å². The van der Waals surface area contributed by atoms with Crippen LogP contribution in [0.1, 0.15) is 20.8 Å². The Bertz CT molecular complexity index is 467. The number of nitrogens with one attached hydrogen (secondary N) is 1. The number of nitrogens with zero attached hydrogens (tertiary/aromatic N) is 1. The zero-order valence-electron chi connectivity index (χ0n) is 11.3. The minimum absolute atomic E-state index is 0.143. The third-order valence-corrected chi connectivity index (χ3v) is 2.74. The van der Waals surface area contributed by atoms with E-state index in [-0.39, 0.29) is 11.7 Å². The molecular formula is C13H19N3O3. The molecule has 0 radical (unpaired) electrons. The van der Waals surface area contributed by atoms with Gasteiger partial charge in [0.25, 0.3) is 0 Å². The summed E-state index contributed by atoms with van der Waals surface area (Å²) in [4.78, 5) is 12.0. The molecule has 0 saturated heterocycles. The Hall–Kier alpha value is -2.24. The summed E-state index contributed by atoms with van der Waals surface area (Å²) in [5, 5.41) is 14.2. The fourth-order valence-corrected chi connectivity index (χ4v) is 1.33. The Kier molecular flexibility index (Phi) is 4.74. The van der Waals surface area contributed by atoms with Crippen LogP contribution in [0.3, 0.4) is 0 Å². The first-order chi connectivity index (χ1) is 8.91. The number of carbonyl (C=O) groups excluding carboxylic acids is 1. The minimum atomic E-state index is -1.09. The van der Waals surface area contributed by atoms with E-state index in [1.54, 1.807) is 38.1 Å². The SMILES string of the molecule is CCOc1ccc(NC(=O)C(C)(C)C(N)=NO)cc1. The Balaban J connectivity index is 2.77. The van der Waals surface area contributed by atoms with E-state index in [2.05, 4.69) is 10.5 Å². The third-order valence-electron chi connectivity index (χ3n) is 2.74. The van der Waals surface area contributed by atoms with Gasteiger partial charge in [-0.05, 0) is 45.0 Å². The van der Waals surface area contributed by atoms with Gasteiger partial charge in [-0.3, -0.25) is 4.79 Å². The first-order valence-corrected chi connectivity index (χ1v) is 5.94. The molecule has 0 bridgehead atoms. The fourth-order valence-electron chi connectivity index (χ4n) is 1.33. The van der Waals surface area contributed by atoms with Gasteiger partial charge >= 0.3 is 0 Å². The highest BCUT2D eigenvalue weighted by Gasteiger charge is 2.32. The largest absolute Gasteiger partial charge is 0.494 e. The summed E-state index contributed by atoms with van der Waals surface area (Å²) in [7, 11) is 0. The molecule has 0 aliphatic heterocycles. The molecule has 6 heteroatoms. The molecule has 0 saturated carbocycles. The molecule has 1 aromatic rings. The van der Waals surface area contributed by atoms with E-state index in [0.717, 1.165) is 5.75 Å². The molecule has 104 valence electrons. The molecule has 1 aromatic carbocycles. The number of anilines is 1. The van der Waals surface area contributed by atoms with Crippen LogP contribution in [0.25, 0.3) is 0 Å². The van der Waals surface area contributed by atoms with Crippen LogP contribution in [0.4, 0.5) is 5.69 Å². The van der Waals surface area contributed by atoms with Gasteiger partial charge in [0.2, 0.25) is 5.91 Å². The molecule has 1 rings (SSSR count). The zero-order chi connectivity index (χ0) is 14.5.